The van der Waals surface area contributed by atoms with Gasteiger partial charge in [-0.25, -0.2) is 0 Å². The zero-order chi connectivity index (χ0) is 18.8. The van der Waals surface area contributed by atoms with Gasteiger partial charge in [0, 0.05) is 29.7 Å². The minimum absolute atomic E-state index is 0.0420. The van der Waals surface area contributed by atoms with Crippen LogP contribution in [0.4, 0.5) is 5.69 Å². The predicted octanol–water partition coefficient (Wildman–Crippen LogP) is 4.10. The predicted molar refractivity (Wildman–Crippen MR) is 107 cm³/mol. The lowest BCUT2D eigenvalue weighted by Gasteiger charge is -2.13. The largest absolute Gasteiger partial charge is 0.325 e. The van der Waals surface area contributed by atoms with Gasteiger partial charge >= 0.3 is 0 Å². The second kappa shape index (κ2) is 7.52. The normalized spacial score (nSPS) is 14.7. The molecule has 2 aromatic heterocycles. The van der Waals surface area contributed by atoms with Gasteiger partial charge in [-0.3, -0.25) is 14.3 Å². The first-order valence-electron chi connectivity index (χ1n) is 9.01. The lowest BCUT2D eigenvalue weighted by atomic mass is 10.2. The summed E-state index contributed by atoms with van der Waals surface area (Å²) in [4.78, 5) is 16.6. The van der Waals surface area contributed by atoms with Gasteiger partial charge in [-0.15, -0.1) is 10.2 Å². The number of rotatable bonds is 6. The lowest BCUT2D eigenvalue weighted by Crippen LogP contribution is -2.22. The molecule has 1 N–H and O–H groups in total. The molecule has 0 saturated heterocycles. The molecule has 0 spiro atoms. The number of nitrogens with zero attached hydrogens (tertiary/aromatic N) is 4. The first-order chi connectivity index (χ1) is 13.1. The monoisotopic (exact) mass is 379 g/mol. The van der Waals surface area contributed by atoms with Crippen molar-refractivity contribution in [2.24, 2.45) is 0 Å². The van der Waals surface area contributed by atoms with Gasteiger partial charge in [-0.2, -0.15) is 0 Å². The highest BCUT2D eigenvalue weighted by molar-refractivity contribution is 8.00. The van der Waals surface area contributed by atoms with Crippen molar-refractivity contribution in [2.45, 2.75) is 43.1 Å². The summed E-state index contributed by atoms with van der Waals surface area (Å²) < 4.78 is 2.16. The number of aryl methyl sites for hydroxylation is 1. The Balaban J connectivity index is 1.51. The van der Waals surface area contributed by atoms with Crippen LogP contribution in [0.25, 0.3) is 11.4 Å². The van der Waals surface area contributed by atoms with Gasteiger partial charge in [-0.05, 0) is 51.0 Å². The molecular weight excluding hydrogens is 358 g/mol. The molecule has 0 aliphatic heterocycles. The fraction of sp³-hybridized carbons (Fsp3) is 0.300. The Labute approximate surface area is 162 Å². The number of amides is 1. The summed E-state index contributed by atoms with van der Waals surface area (Å²) in [7, 11) is 0. The Morgan fingerprint density at radius 1 is 1.15 bits per heavy atom. The minimum atomic E-state index is -0.279. The highest BCUT2D eigenvalue weighted by Gasteiger charge is 2.31. The molecule has 1 aliphatic carbocycles. The zero-order valence-corrected chi connectivity index (χ0v) is 16.1. The van der Waals surface area contributed by atoms with E-state index in [-0.39, 0.29) is 11.2 Å². The molecule has 4 rings (SSSR count). The van der Waals surface area contributed by atoms with E-state index in [4.69, 9.17) is 0 Å². The fourth-order valence-electron chi connectivity index (χ4n) is 2.81. The van der Waals surface area contributed by atoms with Crippen molar-refractivity contribution in [3.8, 4) is 11.4 Å². The molecular formula is C20H21N5OS. The third kappa shape index (κ3) is 4.03. The van der Waals surface area contributed by atoms with Crippen LogP contribution in [0.1, 0.15) is 31.4 Å². The van der Waals surface area contributed by atoms with Crippen LogP contribution in [0.15, 0.2) is 53.9 Å². The Hall–Kier alpha value is -2.67. The molecule has 27 heavy (non-hydrogen) atoms. The molecule has 0 radical (unpaired) electrons. The number of hydrogen-bond acceptors (Lipinski definition) is 5. The van der Waals surface area contributed by atoms with Crippen molar-refractivity contribution in [1.29, 1.82) is 0 Å². The number of hydrogen-bond donors (Lipinski definition) is 1. The van der Waals surface area contributed by atoms with Crippen LogP contribution in [-0.2, 0) is 4.79 Å². The molecule has 3 aromatic rings. The van der Waals surface area contributed by atoms with E-state index in [1.165, 1.54) is 11.8 Å². The van der Waals surface area contributed by atoms with Gasteiger partial charge in [0.25, 0.3) is 0 Å². The molecule has 1 aromatic carbocycles. The molecule has 7 heteroatoms. The fourth-order valence-corrected chi connectivity index (χ4v) is 3.73. The Kier molecular flexibility index (Phi) is 4.94. The molecule has 138 valence electrons. The first-order valence-corrected chi connectivity index (χ1v) is 9.89. The molecule has 2 heterocycles. The van der Waals surface area contributed by atoms with E-state index in [9.17, 15) is 4.79 Å². The van der Waals surface area contributed by atoms with Gasteiger partial charge in [0.05, 0.1) is 5.25 Å². The molecule has 1 atom stereocenters. The number of thioether (sulfide) groups is 1. The second-order valence-electron chi connectivity index (χ2n) is 6.76. The summed E-state index contributed by atoms with van der Waals surface area (Å²) in [5, 5.41) is 12.2. The zero-order valence-electron chi connectivity index (χ0n) is 15.3. The third-order valence-corrected chi connectivity index (χ3v) is 5.54. The van der Waals surface area contributed by atoms with E-state index in [1.54, 1.807) is 12.4 Å². The number of carbonyl (C=O) groups is 1. The third-order valence-electron chi connectivity index (χ3n) is 4.49. The standard InChI is InChI=1S/C20H21N5OS/c1-13-3-5-16(6-4-13)22-19(26)14(2)27-20-24-23-18(25(20)17-7-8-17)15-9-11-21-12-10-15/h3-6,9-12,14,17H,7-8H2,1-2H3,(H,22,26)/t14-/m0/s1. The Morgan fingerprint density at radius 3 is 2.52 bits per heavy atom. The number of pyridine rings is 1. The topological polar surface area (TPSA) is 72.7 Å². The summed E-state index contributed by atoms with van der Waals surface area (Å²) >= 11 is 1.45. The average molecular weight is 379 g/mol. The van der Waals surface area contributed by atoms with E-state index in [0.29, 0.717) is 6.04 Å². The maximum atomic E-state index is 12.6. The minimum Gasteiger partial charge on any atom is -0.325 e. The van der Waals surface area contributed by atoms with Gasteiger partial charge < -0.3 is 5.32 Å². The van der Waals surface area contributed by atoms with Crippen molar-refractivity contribution in [3.05, 3.63) is 54.4 Å². The van der Waals surface area contributed by atoms with E-state index >= 15 is 0 Å². The van der Waals surface area contributed by atoms with Crippen LogP contribution in [0, 0.1) is 6.92 Å². The molecule has 0 bridgehead atoms. The molecule has 0 unspecified atom stereocenters. The van der Waals surface area contributed by atoms with Crippen LogP contribution in [0.2, 0.25) is 0 Å². The molecule has 1 amide bonds. The molecule has 6 nitrogen and oxygen atoms in total. The van der Waals surface area contributed by atoms with Gasteiger partial charge in [0.15, 0.2) is 11.0 Å². The molecule has 1 fully saturated rings. The van der Waals surface area contributed by atoms with E-state index in [2.05, 4.69) is 25.1 Å². The maximum absolute atomic E-state index is 12.6. The van der Waals surface area contributed by atoms with Crippen molar-refractivity contribution < 1.29 is 4.79 Å². The van der Waals surface area contributed by atoms with Gasteiger partial charge in [0.2, 0.25) is 5.91 Å². The summed E-state index contributed by atoms with van der Waals surface area (Å²) in [6.07, 6.45) is 5.75. The number of benzene rings is 1. The summed E-state index contributed by atoms with van der Waals surface area (Å²) in [5.41, 5.74) is 2.96. The van der Waals surface area contributed by atoms with Crippen LogP contribution < -0.4 is 5.32 Å². The summed E-state index contributed by atoms with van der Waals surface area (Å²) in [6, 6.07) is 12.1. The van der Waals surface area contributed by atoms with Crippen molar-refractivity contribution >= 4 is 23.4 Å². The number of anilines is 1. The Bertz CT molecular complexity index is 935. The first kappa shape index (κ1) is 17.7. The highest BCUT2D eigenvalue weighted by Crippen LogP contribution is 2.41. The smallest absolute Gasteiger partial charge is 0.237 e. The molecule has 1 saturated carbocycles. The number of nitrogens with one attached hydrogen (secondary N) is 1. The number of carbonyl (C=O) groups excluding carboxylic acids is 1. The second-order valence-corrected chi connectivity index (χ2v) is 8.07. The Morgan fingerprint density at radius 2 is 1.85 bits per heavy atom. The van der Waals surface area contributed by atoms with Crippen molar-refractivity contribution in [3.63, 3.8) is 0 Å². The highest BCUT2D eigenvalue weighted by atomic mass is 32.2. The van der Waals surface area contributed by atoms with Crippen LogP contribution in [0.3, 0.4) is 0 Å². The average Bonchev–Trinajstić information content (AvgIpc) is 3.44. The van der Waals surface area contributed by atoms with E-state index < -0.39 is 0 Å². The van der Waals surface area contributed by atoms with E-state index in [1.807, 2.05) is 50.2 Å². The maximum Gasteiger partial charge on any atom is 0.237 e. The van der Waals surface area contributed by atoms with Crippen LogP contribution >= 0.6 is 11.8 Å². The van der Waals surface area contributed by atoms with E-state index in [0.717, 1.165) is 40.6 Å². The molecule has 1 aliphatic rings. The van der Waals surface area contributed by atoms with Gasteiger partial charge in [0.1, 0.15) is 0 Å². The summed E-state index contributed by atoms with van der Waals surface area (Å²) in [6.45, 7) is 3.92. The summed E-state index contributed by atoms with van der Waals surface area (Å²) in [5.74, 6) is 0.799. The van der Waals surface area contributed by atoms with Crippen LogP contribution in [0.5, 0.6) is 0 Å². The van der Waals surface area contributed by atoms with Crippen molar-refractivity contribution in [1.82, 2.24) is 19.7 Å². The number of aromatic nitrogens is 4. The van der Waals surface area contributed by atoms with Crippen molar-refractivity contribution in [2.75, 3.05) is 5.32 Å². The van der Waals surface area contributed by atoms with Gasteiger partial charge in [-0.1, -0.05) is 29.5 Å². The SMILES string of the molecule is Cc1ccc(NC(=O)[C@H](C)Sc2nnc(-c3ccncc3)n2C2CC2)cc1. The van der Waals surface area contributed by atoms with Crippen LogP contribution in [-0.4, -0.2) is 30.9 Å². The lowest BCUT2D eigenvalue weighted by molar-refractivity contribution is -0.115. The quantitative estimate of drug-likeness (QED) is 0.653.